The van der Waals surface area contributed by atoms with Crippen LogP contribution >= 0.6 is 0 Å². The van der Waals surface area contributed by atoms with Crippen LogP contribution in [0.5, 0.6) is 0 Å². The summed E-state index contributed by atoms with van der Waals surface area (Å²) in [4.78, 5) is 6.49. The minimum atomic E-state index is 0.396. The molecule has 100 valence electrons. The van der Waals surface area contributed by atoms with Gasteiger partial charge in [0.2, 0.25) is 0 Å². The maximum atomic E-state index is 5.99. The summed E-state index contributed by atoms with van der Waals surface area (Å²) in [5, 5.41) is 0. The lowest BCUT2D eigenvalue weighted by Gasteiger charge is -2.32. The standard InChI is InChI=1S/C15H25N3/c1-18(11-6-14-4-9-17-10-5-14)13-15(12-16)7-2-3-8-15/h4-5,9-10H,2-3,6-8,11-13,16H2,1H3. The average Bonchev–Trinajstić information content (AvgIpc) is 2.87. The Kier molecular flexibility index (Phi) is 4.72. The average molecular weight is 247 g/mol. The Balaban J connectivity index is 1.79. The number of nitrogens with zero attached hydrogens (tertiary/aromatic N) is 2. The van der Waals surface area contributed by atoms with Crippen LogP contribution in [0.3, 0.4) is 0 Å². The summed E-state index contributed by atoms with van der Waals surface area (Å²) in [7, 11) is 2.22. The summed E-state index contributed by atoms with van der Waals surface area (Å²) in [5.74, 6) is 0. The number of pyridine rings is 1. The van der Waals surface area contributed by atoms with Gasteiger partial charge in [-0.1, -0.05) is 12.8 Å². The van der Waals surface area contributed by atoms with E-state index in [1.165, 1.54) is 31.2 Å². The van der Waals surface area contributed by atoms with Crippen LogP contribution in [-0.4, -0.2) is 36.6 Å². The van der Waals surface area contributed by atoms with E-state index in [2.05, 4.69) is 29.1 Å². The fraction of sp³-hybridized carbons (Fsp3) is 0.667. The van der Waals surface area contributed by atoms with E-state index in [-0.39, 0.29) is 0 Å². The van der Waals surface area contributed by atoms with E-state index in [1.807, 2.05) is 12.4 Å². The van der Waals surface area contributed by atoms with E-state index in [0.29, 0.717) is 5.41 Å². The first kappa shape index (κ1) is 13.5. The summed E-state index contributed by atoms with van der Waals surface area (Å²) in [6.45, 7) is 3.09. The van der Waals surface area contributed by atoms with Crippen LogP contribution in [0.1, 0.15) is 31.2 Å². The van der Waals surface area contributed by atoms with Crippen LogP contribution in [-0.2, 0) is 6.42 Å². The molecule has 1 fully saturated rings. The van der Waals surface area contributed by atoms with Crippen LogP contribution in [0.2, 0.25) is 0 Å². The molecule has 3 heteroatoms. The summed E-state index contributed by atoms with van der Waals surface area (Å²) >= 11 is 0. The first-order chi connectivity index (χ1) is 8.74. The molecule has 0 spiro atoms. The molecular formula is C15H25N3. The van der Waals surface area contributed by atoms with Gasteiger partial charge in [-0.3, -0.25) is 4.98 Å². The molecule has 1 heterocycles. The van der Waals surface area contributed by atoms with Gasteiger partial charge in [0.1, 0.15) is 0 Å². The van der Waals surface area contributed by atoms with Gasteiger partial charge in [0.15, 0.2) is 0 Å². The van der Waals surface area contributed by atoms with Crippen molar-refractivity contribution >= 4 is 0 Å². The first-order valence-electron chi connectivity index (χ1n) is 7.02. The number of nitrogens with two attached hydrogens (primary N) is 1. The van der Waals surface area contributed by atoms with Crippen molar-refractivity contribution in [3.8, 4) is 0 Å². The molecule has 0 aliphatic heterocycles. The first-order valence-corrected chi connectivity index (χ1v) is 7.02. The molecule has 1 aliphatic rings. The zero-order valence-electron chi connectivity index (χ0n) is 11.4. The Bertz CT molecular complexity index is 344. The third-order valence-corrected chi connectivity index (χ3v) is 4.23. The Morgan fingerprint density at radius 1 is 1.28 bits per heavy atom. The normalized spacial score (nSPS) is 18.4. The minimum Gasteiger partial charge on any atom is -0.330 e. The third-order valence-electron chi connectivity index (χ3n) is 4.23. The van der Waals surface area contributed by atoms with Crippen LogP contribution in [0.15, 0.2) is 24.5 Å². The number of aromatic nitrogens is 1. The molecule has 0 bridgehead atoms. The second-order valence-electron chi connectivity index (χ2n) is 5.75. The molecule has 0 radical (unpaired) electrons. The number of hydrogen-bond donors (Lipinski definition) is 1. The molecule has 2 N–H and O–H groups in total. The maximum Gasteiger partial charge on any atom is 0.0270 e. The summed E-state index contributed by atoms with van der Waals surface area (Å²) in [6.07, 6.45) is 10.2. The minimum absolute atomic E-state index is 0.396. The maximum absolute atomic E-state index is 5.99. The van der Waals surface area contributed by atoms with Gasteiger partial charge in [0, 0.05) is 25.5 Å². The van der Waals surface area contributed by atoms with Crippen LogP contribution < -0.4 is 5.73 Å². The summed E-state index contributed by atoms with van der Waals surface area (Å²) in [6, 6.07) is 4.20. The Hall–Kier alpha value is -0.930. The van der Waals surface area contributed by atoms with Crippen molar-refractivity contribution in [2.24, 2.45) is 11.1 Å². The Morgan fingerprint density at radius 3 is 2.56 bits per heavy atom. The fourth-order valence-electron chi connectivity index (χ4n) is 3.07. The van der Waals surface area contributed by atoms with Gasteiger partial charge >= 0.3 is 0 Å². The second kappa shape index (κ2) is 6.30. The number of rotatable bonds is 6. The Morgan fingerprint density at radius 2 is 1.94 bits per heavy atom. The van der Waals surface area contributed by atoms with E-state index in [9.17, 15) is 0 Å². The molecule has 0 unspecified atom stereocenters. The molecule has 2 rings (SSSR count). The molecule has 18 heavy (non-hydrogen) atoms. The lowest BCUT2D eigenvalue weighted by atomic mass is 9.86. The molecular weight excluding hydrogens is 222 g/mol. The SMILES string of the molecule is CN(CCc1ccncc1)CC1(CN)CCCC1. The van der Waals surface area contributed by atoms with Gasteiger partial charge in [-0.25, -0.2) is 0 Å². The fourth-order valence-corrected chi connectivity index (χ4v) is 3.07. The largest absolute Gasteiger partial charge is 0.330 e. The molecule has 3 nitrogen and oxygen atoms in total. The monoisotopic (exact) mass is 247 g/mol. The van der Waals surface area contributed by atoms with Crippen LogP contribution in [0.25, 0.3) is 0 Å². The van der Waals surface area contributed by atoms with Crippen molar-refractivity contribution in [2.45, 2.75) is 32.1 Å². The molecule has 0 saturated heterocycles. The zero-order valence-corrected chi connectivity index (χ0v) is 11.4. The van der Waals surface area contributed by atoms with Gasteiger partial charge in [-0.05, 0) is 56.0 Å². The highest BCUT2D eigenvalue weighted by atomic mass is 15.1. The molecule has 1 aromatic heterocycles. The van der Waals surface area contributed by atoms with Crippen molar-refractivity contribution < 1.29 is 0 Å². The van der Waals surface area contributed by atoms with E-state index >= 15 is 0 Å². The highest BCUT2D eigenvalue weighted by molar-refractivity contribution is 5.09. The van der Waals surface area contributed by atoms with Gasteiger partial charge in [-0.15, -0.1) is 0 Å². The third kappa shape index (κ3) is 3.53. The van der Waals surface area contributed by atoms with Gasteiger partial charge in [-0.2, -0.15) is 0 Å². The number of likely N-dealkylation sites (N-methyl/N-ethyl adjacent to an activating group) is 1. The molecule has 0 atom stereocenters. The van der Waals surface area contributed by atoms with Crippen molar-refractivity contribution in [3.05, 3.63) is 30.1 Å². The van der Waals surface area contributed by atoms with Gasteiger partial charge in [0.05, 0.1) is 0 Å². The van der Waals surface area contributed by atoms with Crippen molar-refractivity contribution in [1.82, 2.24) is 9.88 Å². The molecule has 1 aromatic rings. The molecule has 1 saturated carbocycles. The van der Waals surface area contributed by atoms with E-state index < -0.39 is 0 Å². The summed E-state index contributed by atoms with van der Waals surface area (Å²) in [5.41, 5.74) is 7.75. The second-order valence-corrected chi connectivity index (χ2v) is 5.75. The highest BCUT2D eigenvalue weighted by Crippen LogP contribution is 2.37. The van der Waals surface area contributed by atoms with Gasteiger partial charge < -0.3 is 10.6 Å². The molecule has 0 aromatic carbocycles. The molecule has 1 aliphatic carbocycles. The summed E-state index contributed by atoms with van der Waals surface area (Å²) < 4.78 is 0. The lowest BCUT2D eigenvalue weighted by Crippen LogP contribution is -2.40. The topological polar surface area (TPSA) is 42.2 Å². The van der Waals surface area contributed by atoms with Crippen molar-refractivity contribution in [1.29, 1.82) is 0 Å². The predicted molar refractivity (Wildman–Crippen MR) is 75.4 cm³/mol. The number of hydrogen-bond acceptors (Lipinski definition) is 3. The molecule has 0 amide bonds. The van der Waals surface area contributed by atoms with E-state index in [0.717, 1.165) is 26.1 Å². The van der Waals surface area contributed by atoms with Gasteiger partial charge in [0.25, 0.3) is 0 Å². The van der Waals surface area contributed by atoms with Crippen molar-refractivity contribution in [2.75, 3.05) is 26.7 Å². The smallest absolute Gasteiger partial charge is 0.0270 e. The van der Waals surface area contributed by atoms with E-state index in [4.69, 9.17) is 5.73 Å². The highest BCUT2D eigenvalue weighted by Gasteiger charge is 2.33. The quantitative estimate of drug-likeness (QED) is 0.837. The van der Waals surface area contributed by atoms with Crippen molar-refractivity contribution in [3.63, 3.8) is 0 Å². The lowest BCUT2D eigenvalue weighted by molar-refractivity contribution is 0.186. The van der Waals surface area contributed by atoms with Crippen LogP contribution in [0, 0.1) is 5.41 Å². The van der Waals surface area contributed by atoms with E-state index in [1.54, 1.807) is 0 Å². The van der Waals surface area contributed by atoms with Crippen LogP contribution in [0.4, 0.5) is 0 Å². The predicted octanol–water partition coefficient (Wildman–Crippen LogP) is 2.07. The Labute approximate surface area is 110 Å². The zero-order chi connectivity index (χ0) is 12.8.